The molecular formula is C19H33N7O8. The number of carboxylic acid groups (broad SMARTS) is 1. The van der Waals surface area contributed by atoms with Gasteiger partial charge in [-0.25, -0.2) is 4.79 Å². The zero-order chi connectivity index (χ0) is 26.6. The fourth-order valence-electron chi connectivity index (χ4n) is 2.76. The van der Waals surface area contributed by atoms with Gasteiger partial charge in [0.1, 0.15) is 18.1 Å². The van der Waals surface area contributed by atoms with Crippen LogP contribution in [0.2, 0.25) is 0 Å². The van der Waals surface area contributed by atoms with Crippen LogP contribution in [0.25, 0.3) is 0 Å². The van der Waals surface area contributed by atoms with Crippen LogP contribution < -0.4 is 38.9 Å². The molecule has 5 unspecified atom stereocenters. The predicted molar refractivity (Wildman–Crippen MR) is 117 cm³/mol. The van der Waals surface area contributed by atoms with Crippen LogP contribution in [0.5, 0.6) is 0 Å². The van der Waals surface area contributed by atoms with Gasteiger partial charge in [0.05, 0.1) is 18.9 Å². The van der Waals surface area contributed by atoms with E-state index in [9.17, 15) is 38.7 Å². The van der Waals surface area contributed by atoms with E-state index in [-0.39, 0.29) is 12.8 Å². The predicted octanol–water partition coefficient (Wildman–Crippen LogP) is -4.08. The largest absolute Gasteiger partial charge is 0.480 e. The number of carbonyl (C=O) groups excluding carboxylic acids is 6. The van der Waals surface area contributed by atoms with Gasteiger partial charge >= 0.3 is 5.97 Å². The number of hydrogen-bond donors (Lipinski definition) is 8. The molecule has 34 heavy (non-hydrogen) atoms. The van der Waals surface area contributed by atoms with Gasteiger partial charge in [0.25, 0.3) is 0 Å². The summed E-state index contributed by atoms with van der Waals surface area (Å²) < 4.78 is 0. The molecule has 0 bridgehead atoms. The Hall–Kier alpha value is -3.75. The highest BCUT2D eigenvalue weighted by Gasteiger charge is 2.33. The third kappa shape index (κ3) is 11.2. The van der Waals surface area contributed by atoms with E-state index in [1.165, 1.54) is 0 Å². The van der Waals surface area contributed by atoms with Crippen molar-refractivity contribution in [1.82, 2.24) is 16.0 Å². The monoisotopic (exact) mass is 487 g/mol. The highest BCUT2D eigenvalue weighted by Crippen LogP contribution is 2.10. The van der Waals surface area contributed by atoms with Gasteiger partial charge in [0.15, 0.2) is 0 Å². The zero-order valence-corrected chi connectivity index (χ0v) is 19.0. The van der Waals surface area contributed by atoms with Crippen molar-refractivity contribution in [2.45, 2.75) is 70.1 Å². The van der Waals surface area contributed by atoms with E-state index in [1.54, 1.807) is 13.8 Å². The maximum absolute atomic E-state index is 12.9. The lowest BCUT2D eigenvalue weighted by Crippen LogP contribution is -2.59. The van der Waals surface area contributed by atoms with E-state index >= 15 is 0 Å². The van der Waals surface area contributed by atoms with Crippen molar-refractivity contribution >= 4 is 41.4 Å². The second kappa shape index (κ2) is 14.4. The lowest BCUT2D eigenvalue weighted by molar-refractivity contribution is -0.142. The number of primary amides is 3. The Morgan fingerprint density at radius 2 is 1.29 bits per heavy atom. The molecule has 0 aromatic carbocycles. The van der Waals surface area contributed by atoms with E-state index in [2.05, 4.69) is 16.0 Å². The summed E-state index contributed by atoms with van der Waals surface area (Å²) in [5, 5.41) is 16.0. The Labute approximate surface area is 195 Å². The number of nitrogens with one attached hydrogen (secondary N) is 3. The maximum Gasteiger partial charge on any atom is 0.326 e. The van der Waals surface area contributed by atoms with Gasteiger partial charge < -0.3 is 44.0 Å². The molecule has 0 aromatic rings. The van der Waals surface area contributed by atoms with Crippen LogP contribution in [0.4, 0.5) is 0 Å². The minimum absolute atomic E-state index is 0.322. The molecule has 15 heteroatoms. The van der Waals surface area contributed by atoms with Crippen LogP contribution in [-0.4, -0.2) is 70.7 Å². The molecule has 5 atom stereocenters. The summed E-state index contributed by atoms with van der Waals surface area (Å²) in [5.41, 5.74) is 20.8. The maximum atomic E-state index is 12.9. The molecule has 0 saturated carbocycles. The van der Waals surface area contributed by atoms with Crippen molar-refractivity contribution in [3.8, 4) is 0 Å². The highest BCUT2D eigenvalue weighted by atomic mass is 16.4. The van der Waals surface area contributed by atoms with Gasteiger partial charge in [-0.3, -0.25) is 28.8 Å². The number of hydrogen-bond acceptors (Lipinski definition) is 8. The lowest BCUT2D eigenvalue weighted by Gasteiger charge is -2.27. The summed E-state index contributed by atoms with van der Waals surface area (Å²) in [6, 6.07) is -5.64. The summed E-state index contributed by atoms with van der Waals surface area (Å²) in [5.74, 6) is -7.29. The van der Waals surface area contributed by atoms with Crippen LogP contribution in [0.15, 0.2) is 0 Å². The molecule has 0 aliphatic heterocycles. The Balaban J connectivity index is 5.59. The number of aliphatic carboxylic acids is 1. The van der Waals surface area contributed by atoms with Gasteiger partial charge in [0.2, 0.25) is 35.4 Å². The van der Waals surface area contributed by atoms with Crippen molar-refractivity contribution < 1.29 is 38.7 Å². The third-order valence-electron chi connectivity index (χ3n) is 4.88. The topological polar surface area (TPSA) is 280 Å². The molecule has 0 rings (SSSR count). The molecule has 0 spiro atoms. The SMILES string of the molecule is CCC(C)C(NC(=O)C(N)CC(N)=O)C(=O)NC(CC(N)=O)C(=O)NC(CCC(N)=O)C(=O)O. The van der Waals surface area contributed by atoms with Crippen molar-refractivity contribution in [2.24, 2.45) is 28.9 Å². The molecule has 6 amide bonds. The molecule has 0 heterocycles. The zero-order valence-electron chi connectivity index (χ0n) is 19.0. The average Bonchev–Trinajstić information content (AvgIpc) is 2.72. The van der Waals surface area contributed by atoms with E-state index in [4.69, 9.17) is 22.9 Å². The summed E-state index contributed by atoms with van der Waals surface area (Å²) >= 11 is 0. The molecule has 0 aromatic heterocycles. The molecule has 12 N–H and O–H groups in total. The number of nitrogens with two attached hydrogens (primary N) is 4. The fourth-order valence-corrected chi connectivity index (χ4v) is 2.76. The standard InChI is InChI=1S/C19H33N7O8/c1-3-8(2)15(26-16(30)9(20)6-13(22)28)18(32)25-11(7-14(23)29)17(31)24-10(19(33)34)4-5-12(21)27/h8-11,15H,3-7,20H2,1-2H3,(H2,21,27)(H2,22,28)(H2,23,29)(H,24,31)(H,25,32)(H,26,30)(H,33,34). The lowest BCUT2D eigenvalue weighted by atomic mass is 9.97. The Morgan fingerprint density at radius 1 is 0.765 bits per heavy atom. The van der Waals surface area contributed by atoms with E-state index in [0.717, 1.165) is 0 Å². The van der Waals surface area contributed by atoms with Crippen LogP contribution in [0, 0.1) is 5.92 Å². The van der Waals surface area contributed by atoms with Crippen molar-refractivity contribution in [3.63, 3.8) is 0 Å². The second-order valence-corrected chi connectivity index (χ2v) is 7.78. The van der Waals surface area contributed by atoms with Gasteiger partial charge in [-0.1, -0.05) is 20.3 Å². The number of rotatable bonds is 16. The van der Waals surface area contributed by atoms with Crippen molar-refractivity contribution in [3.05, 3.63) is 0 Å². The van der Waals surface area contributed by atoms with Crippen molar-refractivity contribution in [1.29, 1.82) is 0 Å². The van der Waals surface area contributed by atoms with Crippen molar-refractivity contribution in [2.75, 3.05) is 0 Å². The minimum atomic E-state index is -1.58. The third-order valence-corrected chi connectivity index (χ3v) is 4.88. The molecule has 0 aliphatic carbocycles. The molecular weight excluding hydrogens is 454 g/mol. The second-order valence-electron chi connectivity index (χ2n) is 7.78. The molecule has 15 nitrogen and oxygen atoms in total. The fraction of sp³-hybridized carbons (Fsp3) is 0.632. The Kier molecular flexibility index (Phi) is 12.8. The molecule has 0 radical (unpaired) electrons. The van der Waals surface area contributed by atoms with E-state index < -0.39 is 84.3 Å². The Bertz CT molecular complexity index is 804. The average molecular weight is 488 g/mol. The summed E-state index contributed by atoms with van der Waals surface area (Å²) in [7, 11) is 0. The first-order chi connectivity index (χ1) is 15.7. The summed E-state index contributed by atoms with van der Waals surface area (Å²) in [6.07, 6.45) is -1.39. The van der Waals surface area contributed by atoms with Crippen LogP contribution in [-0.2, 0) is 33.6 Å². The van der Waals surface area contributed by atoms with Crippen LogP contribution >= 0.6 is 0 Å². The van der Waals surface area contributed by atoms with E-state index in [0.29, 0.717) is 6.42 Å². The van der Waals surface area contributed by atoms with Crippen LogP contribution in [0.1, 0.15) is 46.0 Å². The van der Waals surface area contributed by atoms with Gasteiger partial charge in [0, 0.05) is 6.42 Å². The molecule has 0 aliphatic rings. The molecule has 0 fully saturated rings. The normalized spacial score (nSPS) is 15.0. The first-order valence-electron chi connectivity index (χ1n) is 10.4. The van der Waals surface area contributed by atoms with E-state index in [1.807, 2.05) is 0 Å². The summed E-state index contributed by atoms with van der Waals surface area (Å²) in [4.78, 5) is 82.5. The number of carbonyl (C=O) groups is 7. The smallest absolute Gasteiger partial charge is 0.326 e. The first-order valence-corrected chi connectivity index (χ1v) is 10.4. The Morgan fingerprint density at radius 3 is 1.74 bits per heavy atom. The van der Waals surface area contributed by atoms with Gasteiger partial charge in [-0.15, -0.1) is 0 Å². The quantitative estimate of drug-likeness (QED) is 0.105. The molecule has 192 valence electrons. The highest BCUT2D eigenvalue weighted by molar-refractivity contribution is 5.96. The first kappa shape index (κ1) is 30.2. The van der Waals surface area contributed by atoms with Crippen LogP contribution in [0.3, 0.4) is 0 Å². The molecule has 0 saturated heterocycles. The minimum Gasteiger partial charge on any atom is -0.480 e. The van der Waals surface area contributed by atoms with Gasteiger partial charge in [-0.05, 0) is 12.3 Å². The summed E-state index contributed by atoms with van der Waals surface area (Å²) in [6.45, 7) is 3.35. The van der Waals surface area contributed by atoms with Gasteiger partial charge in [-0.2, -0.15) is 0 Å². The number of carboxylic acids is 1. The number of amides is 6.